The highest BCUT2D eigenvalue weighted by Crippen LogP contribution is 2.30. The van der Waals surface area contributed by atoms with Crippen molar-refractivity contribution in [2.45, 2.75) is 10.1 Å². The Balaban J connectivity index is 2.42. The zero-order valence-corrected chi connectivity index (χ0v) is 8.10. The van der Waals surface area contributed by atoms with Crippen molar-refractivity contribution in [2.75, 3.05) is 24.2 Å². The van der Waals surface area contributed by atoms with Crippen LogP contribution in [0.5, 0.6) is 0 Å². The van der Waals surface area contributed by atoms with Crippen molar-refractivity contribution in [2.24, 2.45) is 0 Å². The van der Waals surface area contributed by atoms with Crippen LogP contribution in [0.2, 0.25) is 0 Å². The summed E-state index contributed by atoms with van der Waals surface area (Å²) < 4.78 is 0. The number of nitrogens with zero attached hydrogens (tertiary/aromatic N) is 1. The number of nitrogen functional groups attached to an aromatic ring is 1. The van der Waals surface area contributed by atoms with Crippen molar-refractivity contribution in [3.05, 3.63) is 10.4 Å². The van der Waals surface area contributed by atoms with Crippen LogP contribution in [0.15, 0.2) is 9.69 Å². The Morgan fingerprint density at radius 3 is 3.21 bits per heavy atom. The molecule has 7 heteroatoms. The lowest BCUT2D eigenvalue weighted by Crippen LogP contribution is -2.29. The number of aromatic nitrogens is 2. The van der Waals surface area contributed by atoms with E-state index in [-0.39, 0.29) is 23.4 Å². The zero-order valence-electron chi connectivity index (χ0n) is 7.28. The van der Waals surface area contributed by atoms with E-state index >= 15 is 0 Å². The third-order valence-electron chi connectivity index (χ3n) is 1.88. The number of rotatable bonds is 1. The van der Waals surface area contributed by atoms with E-state index in [4.69, 9.17) is 10.8 Å². The maximum Gasteiger partial charge on any atom is 0.268 e. The van der Waals surface area contributed by atoms with E-state index in [2.05, 4.69) is 15.3 Å². The van der Waals surface area contributed by atoms with Crippen LogP contribution < -0.4 is 16.6 Å². The number of anilines is 2. The van der Waals surface area contributed by atoms with Gasteiger partial charge in [-0.05, 0) is 0 Å². The number of hydrogen-bond donors (Lipinski definition) is 4. The van der Waals surface area contributed by atoms with E-state index in [1.807, 2.05) is 0 Å². The number of thioether (sulfide) groups is 1. The molecule has 1 aliphatic heterocycles. The minimum Gasteiger partial charge on any atom is -0.395 e. The number of fused-ring (bicyclic) bond motifs is 1. The first-order chi connectivity index (χ1) is 6.70. The Bertz CT molecular complexity index is 405. The predicted octanol–water partition coefficient (Wildman–Crippen LogP) is -0.769. The van der Waals surface area contributed by atoms with E-state index in [9.17, 15) is 4.79 Å². The molecule has 0 saturated carbocycles. The number of aliphatic hydroxyl groups is 1. The molecule has 0 aromatic carbocycles. The van der Waals surface area contributed by atoms with Crippen LogP contribution in [0.4, 0.5) is 11.8 Å². The van der Waals surface area contributed by atoms with E-state index in [1.54, 1.807) is 0 Å². The van der Waals surface area contributed by atoms with Gasteiger partial charge < -0.3 is 16.2 Å². The van der Waals surface area contributed by atoms with Gasteiger partial charge in [-0.25, -0.2) is 0 Å². The van der Waals surface area contributed by atoms with Crippen molar-refractivity contribution in [1.82, 2.24) is 9.97 Å². The van der Waals surface area contributed by atoms with E-state index in [0.717, 1.165) is 0 Å². The molecule has 0 bridgehead atoms. The van der Waals surface area contributed by atoms with E-state index < -0.39 is 0 Å². The van der Waals surface area contributed by atoms with Crippen molar-refractivity contribution in [3.8, 4) is 0 Å². The third kappa shape index (κ3) is 1.55. The summed E-state index contributed by atoms with van der Waals surface area (Å²) in [5.41, 5.74) is 5.12. The van der Waals surface area contributed by atoms with Gasteiger partial charge in [-0.2, -0.15) is 4.98 Å². The van der Waals surface area contributed by atoms with Gasteiger partial charge in [0.25, 0.3) is 5.56 Å². The molecule has 2 heterocycles. The second-order valence-corrected chi connectivity index (χ2v) is 4.24. The lowest BCUT2D eigenvalue weighted by atomic mass is 10.4. The van der Waals surface area contributed by atoms with Crippen LogP contribution in [0, 0.1) is 0 Å². The first kappa shape index (κ1) is 9.35. The van der Waals surface area contributed by atoms with Crippen molar-refractivity contribution in [1.29, 1.82) is 0 Å². The molecule has 1 unspecified atom stereocenters. The molecule has 6 nitrogen and oxygen atoms in total. The molecule has 76 valence electrons. The number of aromatic amines is 1. The smallest absolute Gasteiger partial charge is 0.268 e. The first-order valence-corrected chi connectivity index (χ1v) is 5.00. The number of nitrogens with two attached hydrogens (primary N) is 1. The third-order valence-corrected chi connectivity index (χ3v) is 3.14. The zero-order chi connectivity index (χ0) is 10.1. The molecule has 0 spiro atoms. The lowest BCUT2D eigenvalue weighted by Gasteiger charge is -2.22. The van der Waals surface area contributed by atoms with Crippen molar-refractivity contribution >= 4 is 23.5 Å². The van der Waals surface area contributed by atoms with Gasteiger partial charge in [0, 0.05) is 6.54 Å². The van der Waals surface area contributed by atoms with E-state index in [1.165, 1.54) is 11.8 Å². The Hall–Kier alpha value is -1.21. The summed E-state index contributed by atoms with van der Waals surface area (Å²) in [5.74, 6) is 0.602. The van der Waals surface area contributed by atoms with Gasteiger partial charge in [0.2, 0.25) is 5.95 Å². The monoisotopic (exact) mass is 214 g/mol. The van der Waals surface area contributed by atoms with Gasteiger partial charge in [0.1, 0.15) is 10.7 Å². The molecule has 14 heavy (non-hydrogen) atoms. The summed E-state index contributed by atoms with van der Waals surface area (Å²) in [6, 6.07) is 0. The summed E-state index contributed by atoms with van der Waals surface area (Å²) in [7, 11) is 0. The molecule has 5 N–H and O–H groups in total. The summed E-state index contributed by atoms with van der Waals surface area (Å²) in [6.07, 6.45) is 0. The molecule has 1 aliphatic rings. The topological polar surface area (TPSA) is 104 Å². The van der Waals surface area contributed by atoms with Gasteiger partial charge in [0.05, 0.1) is 11.9 Å². The molecule has 0 amide bonds. The molecule has 0 saturated heterocycles. The number of H-pyrrole nitrogens is 1. The Kier molecular flexibility index (Phi) is 2.34. The van der Waals surface area contributed by atoms with E-state index in [0.29, 0.717) is 17.3 Å². The Morgan fingerprint density at radius 1 is 1.71 bits per heavy atom. The van der Waals surface area contributed by atoms with Gasteiger partial charge >= 0.3 is 0 Å². The van der Waals surface area contributed by atoms with Gasteiger partial charge in [-0.15, -0.1) is 11.8 Å². The highest BCUT2D eigenvalue weighted by molar-refractivity contribution is 8.00. The van der Waals surface area contributed by atoms with Crippen LogP contribution in [-0.4, -0.2) is 33.5 Å². The standard InChI is InChI=1S/C7H10N4O2S/c8-7-10-5-4(6(13)11-7)14-3(2-12)1-9-5/h3,12H,1-2H2,(H4,8,9,10,11,13). The normalized spacial score (nSPS) is 19.9. The molecule has 1 atom stereocenters. The molecule has 0 aliphatic carbocycles. The van der Waals surface area contributed by atoms with Crippen molar-refractivity contribution < 1.29 is 5.11 Å². The average Bonchev–Trinajstić information content (AvgIpc) is 2.17. The van der Waals surface area contributed by atoms with Crippen LogP contribution in [0.25, 0.3) is 0 Å². The van der Waals surface area contributed by atoms with Crippen LogP contribution >= 0.6 is 11.8 Å². The summed E-state index contributed by atoms with van der Waals surface area (Å²) >= 11 is 1.32. The second kappa shape index (κ2) is 3.50. The minimum atomic E-state index is -0.261. The Morgan fingerprint density at radius 2 is 2.50 bits per heavy atom. The fourth-order valence-electron chi connectivity index (χ4n) is 1.23. The summed E-state index contributed by atoms with van der Waals surface area (Å²) in [6.45, 7) is 0.616. The fraction of sp³-hybridized carbons (Fsp3) is 0.429. The SMILES string of the molecule is Nc1nc2c(c(=O)[nH]1)SC(CO)CN2. The Labute approximate surface area is 83.9 Å². The molecular weight excluding hydrogens is 204 g/mol. The van der Waals surface area contributed by atoms with Crippen LogP contribution in [0.3, 0.4) is 0 Å². The number of hydrogen-bond acceptors (Lipinski definition) is 6. The minimum absolute atomic E-state index is 0.00553. The fourth-order valence-corrected chi connectivity index (χ4v) is 2.19. The summed E-state index contributed by atoms with van der Waals surface area (Å²) in [4.78, 5) is 18.3. The van der Waals surface area contributed by atoms with Crippen molar-refractivity contribution in [3.63, 3.8) is 0 Å². The predicted molar refractivity (Wildman–Crippen MR) is 54.5 cm³/mol. The second-order valence-electron chi connectivity index (χ2n) is 2.93. The first-order valence-electron chi connectivity index (χ1n) is 4.12. The quantitative estimate of drug-likeness (QED) is 0.489. The van der Waals surface area contributed by atoms with Gasteiger partial charge in [0.15, 0.2) is 0 Å². The maximum atomic E-state index is 11.4. The molecular formula is C7H10N4O2S. The summed E-state index contributed by atoms with van der Waals surface area (Å²) in [5, 5.41) is 11.9. The average molecular weight is 214 g/mol. The highest BCUT2D eigenvalue weighted by Gasteiger charge is 2.22. The molecule has 0 radical (unpaired) electrons. The van der Waals surface area contributed by atoms with Gasteiger partial charge in [-0.3, -0.25) is 9.78 Å². The molecule has 1 aromatic heterocycles. The maximum absolute atomic E-state index is 11.4. The van der Waals surface area contributed by atoms with Gasteiger partial charge in [-0.1, -0.05) is 0 Å². The van der Waals surface area contributed by atoms with Crippen LogP contribution in [0.1, 0.15) is 0 Å². The lowest BCUT2D eigenvalue weighted by molar-refractivity contribution is 0.297. The highest BCUT2D eigenvalue weighted by atomic mass is 32.2. The number of nitrogens with one attached hydrogen (secondary N) is 2. The molecule has 2 rings (SSSR count). The molecule has 1 aromatic rings. The van der Waals surface area contributed by atoms with Crippen LogP contribution in [-0.2, 0) is 0 Å². The number of aliphatic hydroxyl groups excluding tert-OH is 1. The molecule has 0 fully saturated rings. The largest absolute Gasteiger partial charge is 0.395 e.